The molecule has 0 spiro atoms. The van der Waals surface area contributed by atoms with Crippen LogP contribution in [0.2, 0.25) is 0 Å². The molecule has 2 N–H and O–H groups in total. The maximum absolute atomic E-state index is 6.95. The van der Waals surface area contributed by atoms with Gasteiger partial charge in [0.15, 0.2) is 0 Å². The van der Waals surface area contributed by atoms with E-state index in [1.165, 1.54) is 11.1 Å². The summed E-state index contributed by atoms with van der Waals surface area (Å²) in [4.78, 5) is 7.79. The van der Waals surface area contributed by atoms with Crippen LogP contribution < -0.4 is 15.5 Å². The van der Waals surface area contributed by atoms with Crippen LogP contribution in [0, 0.1) is 0 Å². The number of furan rings is 2. The minimum Gasteiger partial charge on any atom is -0.456 e. The van der Waals surface area contributed by atoms with Crippen molar-refractivity contribution in [3.05, 3.63) is 235 Å². The van der Waals surface area contributed by atoms with Gasteiger partial charge in [0.05, 0.1) is 16.6 Å². The molecule has 0 aliphatic carbocycles. The van der Waals surface area contributed by atoms with Gasteiger partial charge in [0.2, 0.25) is 0 Å². The number of hydrogen-bond acceptors (Lipinski definition) is 6. The van der Waals surface area contributed by atoms with Crippen LogP contribution in [0.3, 0.4) is 0 Å². The summed E-state index contributed by atoms with van der Waals surface area (Å²) in [5, 5.41) is 11.8. The van der Waals surface area contributed by atoms with Crippen molar-refractivity contribution >= 4 is 66.8 Å². The van der Waals surface area contributed by atoms with E-state index in [1.807, 2.05) is 30.3 Å². The molecule has 0 saturated heterocycles. The maximum atomic E-state index is 6.95. The molecule has 6 heteroatoms. The minimum atomic E-state index is -0.369. The van der Waals surface area contributed by atoms with Crippen molar-refractivity contribution in [3.63, 3.8) is 0 Å². The molecule has 6 nitrogen and oxygen atoms in total. The molecular weight excluding hydrogens is 773 g/mol. The van der Waals surface area contributed by atoms with Gasteiger partial charge in [-0.25, -0.2) is 4.99 Å². The maximum Gasteiger partial charge on any atom is 0.148 e. The molecule has 2 unspecified atom stereocenters. The molecule has 0 amide bonds. The van der Waals surface area contributed by atoms with E-state index in [0.717, 1.165) is 94.6 Å². The van der Waals surface area contributed by atoms with Crippen molar-refractivity contribution < 1.29 is 8.83 Å². The zero-order chi connectivity index (χ0) is 41.7. The highest BCUT2D eigenvalue weighted by molar-refractivity contribution is 6.20. The van der Waals surface area contributed by atoms with Crippen molar-refractivity contribution in [3.8, 4) is 22.3 Å². The third kappa shape index (κ3) is 6.61. The topological polar surface area (TPSA) is 65.9 Å². The van der Waals surface area contributed by atoms with Crippen molar-refractivity contribution in [2.24, 2.45) is 4.99 Å². The number of aliphatic imine (C=N–C) groups is 1. The van der Waals surface area contributed by atoms with E-state index in [0.29, 0.717) is 0 Å². The van der Waals surface area contributed by atoms with E-state index in [1.54, 1.807) is 0 Å². The highest BCUT2D eigenvalue weighted by Gasteiger charge is 2.29. The van der Waals surface area contributed by atoms with Crippen LogP contribution in [0.15, 0.2) is 232 Å². The third-order valence-electron chi connectivity index (χ3n) is 12.2. The van der Waals surface area contributed by atoms with E-state index in [4.69, 9.17) is 13.8 Å². The minimum absolute atomic E-state index is 0.234. The van der Waals surface area contributed by atoms with Gasteiger partial charge in [0.1, 0.15) is 40.5 Å². The van der Waals surface area contributed by atoms with Crippen molar-refractivity contribution in [2.45, 2.75) is 12.3 Å². The summed E-state index contributed by atoms with van der Waals surface area (Å²) in [5.41, 5.74) is 14.0. The number of para-hydroxylation sites is 2. The fourth-order valence-electron chi connectivity index (χ4n) is 9.07. The van der Waals surface area contributed by atoms with Gasteiger partial charge in [-0.1, -0.05) is 158 Å². The van der Waals surface area contributed by atoms with Gasteiger partial charge in [-0.3, -0.25) is 5.32 Å². The molecule has 0 radical (unpaired) electrons. The zero-order valence-corrected chi connectivity index (χ0v) is 34.2. The first-order valence-corrected chi connectivity index (χ1v) is 21.3. The Morgan fingerprint density at radius 3 is 1.62 bits per heavy atom. The number of hydrogen-bond donors (Lipinski definition) is 2. The summed E-state index contributed by atoms with van der Waals surface area (Å²) < 4.78 is 13.2. The van der Waals surface area contributed by atoms with Crippen LogP contribution >= 0.6 is 0 Å². The van der Waals surface area contributed by atoms with E-state index in [9.17, 15) is 0 Å². The van der Waals surface area contributed by atoms with E-state index >= 15 is 0 Å². The lowest BCUT2D eigenvalue weighted by Crippen LogP contribution is -2.45. The molecule has 9 aromatic carbocycles. The second-order valence-corrected chi connectivity index (χ2v) is 16.0. The average Bonchev–Trinajstić information content (AvgIpc) is 3.94. The van der Waals surface area contributed by atoms with Gasteiger partial charge in [-0.2, -0.15) is 0 Å². The quantitative estimate of drug-likeness (QED) is 0.160. The second-order valence-electron chi connectivity index (χ2n) is 16.0. The Balaban J connectivity index is 1.03. The summed E-state index contributed by atoms with van der Waals surface area (Å²) in [6.45, 7) is 0. The highest BCUT2D eigenvalue weighted by Crippen LogP contribution is 2.45. The summed E-state index contributed by atoms with van der Waals surface area (Å²) >= 11 is 0. The molecule has 0 saturated carbocycles. The normalized spacial score (nSPS) is 15.1. The Labute approximate surface area is 364 Å². The molecular formula is C57H40N4O2. The van der Waals surface area contributed by atoms with Crippen molar-refractivity contribution in [1.29, 1.82) is 0 Å². The fourth-order valence-corrected chi connectivity index (χ4v) is 9.07. The van der Waals surface area contributed by atoms with Gasteiger partial charge in [0.25, 0.3) is 0 Å². The fraction of sp³-hybridized carbons (Fsp3) is 0.0351. The predicted octanol–water partition coefficient (Wildman–Crippen LogP) is 14.6. The lowest BCUT2D eigenvalue weighted by Gasteiger charge is -2.32. The number of rotatable bonds is 8. The smallest absolute Gasteiger partial charge is 0.148 e. The first-order chi connectivity index (χ1) is 31.2. The number of anilines is 3. The number of fused-ring (bicyclic) bond motifs is 6. The molecule has 2 aromatic heterocycles. The third-order valence-corrected chi connectivity index (χ3v) is 12.2. The SMILES string of the molecule is c1ccc(-c2ccc(N(c3ccc(-c4ccccc4)cc3)c3ccc(C4=NC(c5ccc6oc7ccccc7c6c5)NC(c5ccccc5)N4)c4oc5ccccc5c34)cc2)cc1. The summed E-state index contributed by atoms with van der Waals surface area (Å²) in [6, 6.07) is 76.4. The summed E-state index contributed by atoms with van der Waals surface area (Å²) in [7, 11) is 0. The molecule has 0 bridgehead atoms. The molecule has 12 rings (SSSR count). The van der Waals surface area contributed by atoms with Gasteiger partial charge < -0.3 is 19.1 Å². The van der Waals surface area contributed by atoms with Crippen LogP contribution in [0.4, 0.5) is 17.1 Å². The zero-order valence-electron chi connectivity index (χ0n) is 34.2. The van der Waals surface area contributed by atoms with Crippen LogP contribution in [0.25, 0.3) is 66.1 Å². The molecule has 2 atom stereocenters. The first-order valence-electron chi connectivity index (χ1n) is 21.3. The monoisotopic (exact) mass is 812 g/mol. The van der Waals surface area contributed by atoms with Gasteiger partial charge in [-0.05, 0) is 94.0 Å². The van der Waals surface area contributed by atoms with Crippen LogP contribution in [-0.2, 0) is 0 Å². The summed E-state index contributed by atoms with van der Waals surface area (Å²) in [6.07, 6.45) is -0.603. The molecule has 1 aliphatic rings. The lowest BCUT2D eigenvalue weighted by atomic mass is 10.0. The Hall–Kier alpha value is -8.19. The average molecular weight is 813 g/mol. The predicted molar refractivity (Wildman–Crippen MR) is 258 cm³/mol. The summed E-state index contributed by atoms with van der Waals surface area (Å²) in [5.74, 6) is 0.742. The van der Waals surface area contributed by atoms with Crippen molar-refractivity contribution in [1.82, 2.24) is 10.6 Å². The number of nitrogens with one attached hydrogen (secondary N) is 2. The molecule has 300 valence electrons. The highest BCUT2D eigenvalue weighted by atomic mass is 16.3. The Morgan fingerprint density at radius 2 is 0.968 bits per heavy atom. The molecule has 1 aliphatic heterocycles. The Kier molecular flexibility index (Phi) is 8.94. The molecule has 3 heterocycles. The van der Waals surface area contributed by atoms with E-state index in [-0.39, 0.29) is 12.3 Å². The second kappa shape index (κ2) is 15.4. The molecule has 11 aromatic rings. The van der Waals surface area contributed by atoms with Gasteiger partial charge >= 0.3 is 0 Å². The largest absolute Gasteiger partial charge is 0.456 e. The van der Waals surface area contributed by atoms with Crippen LogP contribution in [-0.4, -0.2) is 5.84 Å². The number of amidine groups is 1. The van der Waals surface area contributed by atoms with Crippen LogP contribution in [0.5, 0.6) is 0 Å². The Bertz CT molecular complexity index is 3370. The van der Waals surface area contributed by atoms with Gasteiger partial charge in [-0.15, -0.1) is 0 Å². The first kappa shape index (κ1) is 36.6. The molecule has 0 fully saturated rings. The lowest BCUT2D eigenvalue weighted by molar-refractivity contribution is 0.409. The standard InChI is InChI=1S/C57H40N4O2/c1-4-14-37(15-5-1)39-24-29-43(30-25-39)61(44-31-26-40(27-32-44)38-16-6-2-7-17-38)49-34-33-47(54-53(49)46-21-11-13-23-51(46)63-54)57-59-55(41-18-8-3-9-19-41)58-56(60-57)42-28-35-52-48(36-42)45-20-10-12-22-50(45)62-52/h1-36,55-56,58H,(H,59,60). The molecule has 63 heavy (non-hydrogen) atoms. The van der Waals surface area contributed by atoms with E-state index < -0.39 is 0 Å². The Morgan fingerprint density at radius 1 is 0.429 bits per heavy atom. The van der Waals surface area contributed by atoms with E-state index in [2.05, 4.69) is 204 Å². The van der Waals surface area contributed by atoms with Gasteiger partial charge in [0, 0.05) is 27.5 Å². The number of nitrogens with zero attached hydrogens (tertiary/aromatic N) is 2. The number of benzene rings is 9. The van der Waals surface area contributed by atoms with Crippen molar-refractivity contribution in [2.75, 3.05) is 4.90 Å². The van der Waals surface area contributed by atoms with Crippen LogP contribution in [0.1, 0.15) is 29.0 Å².